The van der Waals surface area contributed by atoms with Gasteiger partial charge in [0, 0.05) is 37.4 Å². The Bertz CT molecular complexity index is 1500. The van der Waals surface area contributed by atoms with Gasteiger partial charge in [0.05, 0.1) is 18.4 Å². The van der Waals surface area contributed by atoms with Gasteiger partial charge in [-0.1, -0.05) is 12.1 Å². The molecule has 2 N–H and O–H groups in total. The Morgan fingerprint density at radius 3 is 2.68 bits per heavy atom. The quantitative estimate of drug-likeness (QED) is 0.396. The molecule has 0 unspecified atom stereocenters. The number of carbonyl (C=O) groups is 1. The van der Waals surface area contributed by atoms with Gasteiger partial charge in [0.15, 0.2) is 11.6 Å². The molecule has 2 aromatic carbocycles. The molecule has 0 aliphatic carbocycles. The fourth-order valence-electron chi connectivity index (χ4n) is 4.20. The first-order chi connectivity index (χ1) is 18.0. The maximum Gasteiger partial charge on any atom is 0.266 e. The van der Waals surface area contributed by atoms with Crippen molar-refractivity contribution in [1.82, 2.24) is 24.8 Å². The van der Waals surface area contributed by atoms with Crippen LogP contribution in [0.4, 0.5) is 14.6 Å². The molecule has 1 saturated heterocycles. The number of nitrogens with one attached hydrogen (secondary N) is 2. The van der Waals surface area contributed by atoms with Crippen LogP contribution in [0.15, 0.2) is 60.0 Å². The van der Waals surface area contributed by atoms with Crippen molar-refractivity contribution in [2.75, 3.05) is 18.5 Å². The number of halogens is 2. The van der Waals surface area contributed by atoms with Gasteiger partial charge in [-0.05, 0) is 48.2 Å². The number of anilines is 1. The summed E-state index contributed by atoms with van der Waals surface area (Å²) in [6.45, 7) is 1.51. The largest absolute Gasteiger partial charge is 0.381 e. The van der Waals surface area contributed by atoms with Gasteiger partial charge in [-0.2, -0.15) is 0 Å². The second kappa shape index (κ2) is 10.8. The van der Waals surface area contributed by atoms with E-state index in [1.165, 1.54) is 29.5 Å². The minimum absolute atomic E-state index is 0.0578. The summed E-state index contributed by atoms with van der Waals surface area (Å²) in [6.07, 6.45) is 5.72. The number of rotatable bonds is 7. The highest BCUT2D eigenvalue weighted by atomic mass is 19.2. The second-order valence-corrected chi connectivity index (χ2v) is 8.78. The number of ether oxygens (including phenoxy) is 1. The van der Waals surface area contributed by atoms with Crippen LogP contribution in [-0.2, 0) is 17.8 Å². The van der Waals surface area contributed by atoms with Crippen LogP contribution in [0.1, 0.15) is 34.3 Å². The van der Waals surface area contributed by atoms with E-state index in [0.717, 1.165) is 47.3 Å². The van der Waals surface area contributed by atoms with E-state index in [4.69, 9.17) is 4.74 Å². The summed E-state index contributed by atoms with van der Waals surface area (Å²) < 4.78 is 33.3. The lowest BCUT2D eigenvalue weighted by atomic mass is 10.1. The third-order valence-corrected chi connectivity index (χ3v) is 6.20. The van der Waals surface area contributed by atoms with Gasteiger partial charge in [-0.15, -0.1) is 0 Å². The van der Waals surface area contributed by atoms with Crippen molar-refractivity contribution in [1.29, 1.82) is 0 Å². The molecule has 0 saturated carbocycles. The third-order valence-electron chi connectivity index (χ3n) is 6.20. The van der Waals surface area contributed by atoms with Gasteiger partial charge in [0.1, 0.15) is 17.7 Å². The first kappa shape index (κ1) is 24.4. The summed E-state index contributed by atoms with van der Waals surface area (Å²) in [7, 11) is 0. The zero-order chi connectivity index (χ0) is 25.8. The molecule has 2 aromatic heterocycles. The average molecular weight is 507 g/mol. The molecule has 1 amide bonds. The molecule has 9 nitrogen and oxygen atoms in total. The van der Waals surface area contributed by atoms with Crippen molar-refractivity contribution in [3.8, 4) is 0 Å². The van der Waals surface area contributed by atoms with Crippen LogP contribution in [0.2, 0.25) is 0 Å². The SMILES string of the molecule is O=C(NCc1ccc2ncnc(NC3CCOCC3)c2c1)c1cncn(Cc2ccc(F)c(F)c2)c1=O. The predicted molar refractivity (Wildman–Crippen MR) is 132 cm³/mol. The molecule has 4 aromatic rings. The number of carbonyl (C=O) groups excluding carboxylic acids is 1. The van der Waals surface area contributed by atoms with E-state index in [-0.39, 0.29) is 24.7 Å². The molecule has 11 heteroatoms. The van der Waals surface area contributed by atoms with E-state index in [0.29, 0.717) is 18.8 Å². The number of benzene rings is 2. The fraction of sp³-hybridized carbons (Fsp3) is 0.269. The Hall–Kier alpha value is -4.25. The molecule has 1 fully saturated rings. The van der Waals surface area contributed by atoms with Crippen LogP contribution in [0.3, 0.4) is 0 Å². The van der Waals surface area contributed by atoms with Crippen molar-refractivity contribution < 1.29 is 18.3 Å². The maximum absolute atomic E-state index is 13.5. The summed E-state index contributed by atoms with van der Waals surface area (Å²) in [5, 5.41) is 7.05. The summed E-state index contributed by atoms with van der Waals surface area (Å²) in [6, 6.07) is 9.22. The first-order valence-electron chi connectivity index (χ1n) is 11.8. The number of hydrogen-bond acceptors (Lipinski definition) is 7. The zero-order valence-electron chi connectivity index (χ0n) is 19.8. The summed E-state index contributed by atoms with van der Waals surface area (Å²) in [5.41, 5.74) is 1.19. The molecule has 0 atom stereocenters. The van der Waals surface area contributed by atoms with Crippen molar-refractivity contribution >= 4 is 22.6 Å². The lowest BCUT2D eigenvalue weighted by Gasteiger charge is -2.24. The van der Waals surface area contributed by atoms with Crippen LogP contribution in [-0.4, -0.2) is 44.7 Å². The van der Waals surface area contributed by atoms with Crippen molar-refractivity contribution in [3.63, 3.8) is 0 Å². The highest BCUT2D eigenvalue weighted by Crippen LogP contribution is 2.23. The first-order valence-corrected chi connectivity index (χ1v) is 11.8. The lowest BCUT2D eigenvalue weighted by Crippen LogP contribution is -2.33. The van der Waals surface area contributed by atoms with E-state index >= 15 is 0 Å². The monoisotopic (exact) mass is 506 g/mol. The minimum Gasteiger partial charge on any atom is -0.381 e. The number of aromatic nitrogens is 4. The Morgan fingerprint density at radius 1 is 1.05 bits per heavy atom. The van der Waals surface area contributed by atoms with Crippen molar-refractivity contribution in [2.45, 2.75) is 32.0 Å². The van der Waals surface area contributed by atoms with Gasteiger partial charge < -0.3 is 15.4 Å². The molecular weight excluding hydrogens is 482 g/mol. The topological polar surface area (TPSA) is 111 Å². The second-order valence-electron chi connectivity index (χ2n) is 8.78. The summed E-state index contributed by atoms with van der Waals surface area (Å²) >= 11 is 0. The van der Waals surface area contributed by atoms with E-state index < -0.39 is 23.1 Å². The number of nitrogens with zero attached hydrogens (tertiary/aromatic N) is 4. The van der Waals surface area contributed by atoms with Gasteiger partial charge >= 0.3 is 0 Å². The minimum atomic E-state index is -1.01. The smallest absolute Gasteiger partial charge is 0.266 e. The molecular formula is C26H24F2N6O3. The molecule has 190 valence electrons. The Morgan fingerprint density at radius 2 is 1.86 bits per heavy atom. The molecule has 37 heavy (non-hydrogen) atoms. The molecule has 0 spiro atoms. The third kappa shape index (κ3) is 5.61. The highest BCUT2D eigenvalue weighted by Gasteiger charge is 2.17. The van der Waals surface area contributed by atoms with Crippen LogP contribution >= 0.6 is 0 Å². The number of amides is 1. The summed E-state index contributed by atoms with van der Waals surface area (Å²) in [4.78, 5) is 38.4. The highest BCUT2D eigenvalue weighted by molar-refractivity contribution is 5.93. The summed E-state index contributed by atoms with van der Waals surface area (Å²) in [5.74, 6) is -1.87. The van der Waals surface area contributed by atoms with E-state index in [9.17, 15) is 18.4 Å². The lowest BCUT2D eigenvalue weighted by molar-refractivity contribution is 0.0904. The average Bonchev–Trinajstić information content (AvgIpc) is 2.91. The Balaban J connectivity index is 1.30. The molecule has 1 aliphatic rings. The molecule has 0 bridgehead atoms. The number of hydrogen-bond donors (Lipinski definition) is 2. The van der Waals surface area contributed by atoms with Crippen LogP contribution in [0.25, 0.3) is 10.9 Å². The van der Waals surface area contributed by atoms with E-state index in [2.05, 4.69) is 25.6 Å². The Kier molecular flexibility index (Phi) is 7.13. The van der Waals surface area contributed by atoms with Crippen LogP contribution in [0.5, 0.6) is 0 Å². The fourth-order valence-corrected chi connectivity index (χ4v) is 4.20. The van der Waals surface area contributed by atoms with Gasteiger partial charge in [-0.25, -0.2) is 23.7 Å². The maximum atomic E-state index is 13.5. The zero-order valence-corrected chi connectivity index (χ0v) is 19.8. The number of fused-ring (bicyclic) bond motifs is 1. The van der Waals surface area contributed by atoms with Gasteiger partial charge in [0.2, 0.25) is 0 Å². The van der Waals surface area contributed by atoms with Crippen molar-refractivity contribution in [3.05, 3.63) is 93.9 Å². The van der Waals surface area contributed by atoms with Gasteiger partial charge in [-0.3, -0.25) is 14.2 Å². The van der Waals surface area contributed by atoms with E-state index in [1.807, 2.05) is 18.2 Å². The van der Waals surface area contributed by atoms with Crippen LogP contribution in [0, 0.1) is 11.6 Å². The van der Waals surface area contributed by atoms with Crippen LogP contribution < -0.4 is 16.2 Å². The van der Waals surface area contributed by atoms with Gasteiger partial charge in [0.25, 0.3) is 11.5 Å². The molecule has 3 heterocycles. The molecule has 0 radical (unpaired) electrons. The molecule has 1 aliphatic heterocycles. The Labute approximate surface area is 210 Å². The van der Waals surface area contributed by atoms with Crippen molar-refractivity contribution in [2.24, 2.45) is 0 Å². The standard InChI is InChI=1S/C26H24F2N6O3/c27-21-3-1-17(10-22(21)28)13-34-15-29-12-20(26(34)36)25(35)30-11-16-2-4-23-19(9-16)24(32-14-31-23)33-18-5-7-37-8-6-18/h1-4,9-10,12,14-15,18H,5-8,11,13H2,(H,30,35)(H,31,32,33). The van der Waals surface area contributed by atoms with E-state index in [1.54, 1.807) is 0 Å². The molecule has 5 rings (SSSR count). The normalized spacial score (nSPS) is 14.0. The predicted octanol–water partition coefficient (Wildman–Crippen LogP) is 3.03.